The molecule has 29 heavy (non-hydrogen) atoms. The molecule has 4 aromatic rings. The average Bonchev–Trinajstić information content (AvgIpc) is 3.04. The molecule has 5 nitrogen and oxygen atoms in total. The standard InChI is InChI=1S/C23H21N3O2S/c1-14-9-10-15(2)18(11-14)25-19(27)12-26-13-24-22-21(23(26)28)20(16(3)29-22)17-7-5-4-6-8-17/h4-11,13H,12H2,1-3H3,(H,25,27). The molecule has 1 N–H and O–H groups in total. The van der Waals surface area contributed by atoms with Gasteiger partial charge in [-0.1, -0.05) is 42.5 Å². The number of fused-ring (bicyclic) bond motifs is 1. The Morgan fingerprint density at radius 3 is 2.62 bits per heavy atom. The summed E-state index contributed by atoms with van der Waals surface area (Å²) in [6.45, 7) is 5.82. The number of rotatable bonds is 4. The Morgan fingerprint density at radius 1 is 1.10 bits per heavy atom. The molecule has 0 radical (unpaired) electrons. The minimum atomic E-state index is -0.254. The first-order chi connectivity index (χ1) is 13.9. The van der Waals surface area contributed by atoms with Crippen LogP contribution in [0.2, 0.25) is 0 Å². The van der Waals surface area contributed by atoms with Gasteiger partial charge < -0.3 is 5.32 Å². The topological polar surface area (TPSA) is 64.0 Å². The number of anilines is 1. The molecule has 4 rings (SSSR count). The van der Waals surface area contributed by atoms with Crippen LogP contribution in [0.5, 0.6) is 0 Å². The Balaban J connectivity index is 1.70. The molecular formula is C23H21N3O2S. The number of hydrogen-bond donors (Lipinski definition) is 1. The number of aryl methyl sites for hydroxylation is 3. The van der Waals surface area contributed by atoms with Crippen LogP contribution in [-0.4, -0.2) is 15.5 Å². The van der Waals surface area contributed by atoms with Crippen molar-refractivity contribution in [3.8, 4) is 11.1 Å². The predicted octanol–water partition coefficient (Wildman–Crippen LogP) is 4.69. The summed E-state index contributed by atoms with van der Waals surface area (Å²) >= 11 is 1.50. The minimum absolute atomic E-state index is 0.0850. The highest BCUT2D eigenvalue weighted by molar-refractivity contribution is 7.19. The highest BCUT2D eigenvalue weighted by Gasteiger charge is 2.17. The molecule has 6 heteroatoms. The lowest BCUT2D eigenvalue weighted by molar-refractivity contribution is -0.116. The van der Waals surface area contributed by atoms with Crippen LogP contribution in [0.25, 0.3) is 21.3 Å². The van der Waals surface area contributed by atoms with Crippen molar-refractivity contribution in [1.82, 2.24) is 9.55 Å². The molecular weight excluding hydrogens is 382 g/mol. The quantitative estimate of drug-likeness (QED) is 0.538. The average molecular weight is 404 g/mol. The lowest BCUT2D eigenvalue weighted by Gasteiger charge is -2.10. The van der Waals surface area contributed by atoms with Gasteiger partial charge in [-0.15, -0.1) is 11.3 Å². The third-order valence-corrected chi connectivity index (χ3v) is 5.91. The monoisotopic (exact) mass is 403 g/mol. The Labute approximate surface area is 172 Å². The van der Waals surface area contributed by atoms with Crippen molar-refractivity contribution in [1.29, 1.82) is 0 Å². The first kappa shape index (κ1) is 19.1. The van der Waals surface area contributed by atoms with E-state index < -0.39 is 0 Å². The van der Waals surface area contributed by atoms with Gasteiger partial charge in [-0.3, -0.25) is 14.2 Å². The largest absolute Gasteiger partial charge is 0.324 e. The Bertz CT molecular complexity index is 1270. The van der Waals surface area contributed by atoms with Crippen LogP contribution in [0.1, 0.15) is 16.0 Å². The first-order valence-corrected chi connectivity index (χ1v) is 10.2. The van der Waals surface area contributed by atoms with Crippen molar-refractivity contribution in [2.75, 3.05) is 5.32 Å². The SMILES string of the molecule is Cc1ccc(C)c(NC(=O)Cn2cnc3sc(C)c(-c4ccccc4)c3c2=O)c1. The van der Waals surface area contributed by atoms with E-state index in [0.29, 0.717) is 10.2 Å². The zero-order valence-corrected chi connectivity index (χ0v) is 17.3. The second kappa shape index (κ2) is 7.64. The normalized spacial score (nSPS) is 11.0. The van der Waals surface area contributed by atoms with Gasteiger partial charge in [0, 0.05) is 16.1 Å². The molecule has 0 bridgehead atoms. The molecule has 1 amide bonds. The van der Waals surface area contributed by atoms with Gasteiger partial charge in [-0.2, -0.15) is 0 Å². The van der Waals surface area contributed by atoms with Crippen molar-refractivity contribution >= 4 is 33.1 Å². The van der Waals surface area contributed by atoms with E-state index in [2.05, 4.69) is 10.3 Å². The summed E-state index contributed by atoms with van der Waals surface area (Å²) in [5.74, 6) is -0.254. The van der Waals surface area contributed by atoms with Gasteiger partial charge >= 0.3 is 0 Å². The molecule has 0 saturated carbocycles. The molecule has 0 atom stereocenters. The maximum atomic E-state index is 13.2. The van der Waals surface area contributed by atoms with Crippen LogP contribution in [0, 0.1) is 20.8 Å². The molecule has 0 spiro atoms. The van der Waals surface area contributed by atoms with E-state index in [1.807, 2.05) is 69.3 Å². The highest BCUT2D eigenvalue weighted by Crippen LogP contribution is 2.35. The molecule has 2 heterocycles. The summed E-state index contributed by atoms with van der Waals surface area (Å²) < 4.78 is 1.38. The van der Waals surface area contributed by atoms with E-state index in [4.69, 9.17) is 0 Å². The van der Waals surface area contributed by atoms with E-state index in [1.54, 1.807) is 0 Å². The minimum Gasteiger partial charge on any atom is -0.324 e. The number of nitrogens with zero attached hydrogens (tertiary/aromatic N) is 2. The Morgan fingerprint density at radius 2 is 1.86 bits per heavy atom. The smallest absolute Gasteiger partial charge is 0.263 e. The van der Waals surface area contributed by atoms with Crippen LogP contribution in [0.3, 0.4) is 0 Å². The van der Waals surface area contributed by atoms with Gasteiger partial charge in [0.1, 0.15) is 11.4 Å². The number of carbonyl (C=O) groups is 1. The van der Waals surface area contributed by atoms with E-state index in [1.165, 1.54) is 22.2 Å². The Hall–Kier alpha value is -3.25. The zero-order valence-electron chi connectivity index (χ0n) is 16.5. The van der Waals surface area contributed by atoms with Gasteiger partial charge in [-0.05, 0) is 43.5 Å². The molecule has 0 aliphatic heterocycles. The van der Waals surface area contributed by atoms with Gasteiger partial charge in [0.2, 0.25) is 5.91 Å². The predicted molar refractivity (Wildman–Crippen MR) is 119 cm³/mol. The van der Waals surface area contributed by atoms with E-state index in [9.17, 15) is 9.59 Å². The lowest BCUT2D eigenvalue weighted by atomic mass is 10.0. The second-order valence-electron chi connectivity index (χ2n) is 7.12. The van der Waals surface area contributed by atoms with Crippen molar-refractivity contribution in [2.45, 2.75) is 27.3 Å². The summed E-state index contributed by atoms with van der Waals surface area (Å²) in [4.78, 5) is 32.0. The van der Waals surface area contributed by atoms with Crippen LogP contribution >= 0.6 is 11.3 Å². The summed E-state index contributed by atoms with van der Waals surface area (Å²) in [6, 6.07) is 15.7. The fourth-order valence-corrected chi connectivity index (χ4v) is 4.42. The van der Waals surface area contributed by atoms with Crippen LogP contribution in [0.4, 0.5) is 5.69 Å². The molecule has 0 fully saturated rings. The number of carbonyl (C=O) groups excluding carboxylic acids is 1. The maximum Gasteiger partial charge on any atom is 0.263 e. The third-order valence-electron chi connectivity index (χ3n) is 4.90. The van der Waals surface area contributed by atoms with E-state index >= 15 is 0 Å². The van der Waals surface area contributed by atoms with Gasteiger partial charge in [0.25, 0.3) is 5.56 Å². The van der Waals surface area contributed by atoms with Gasteiger partial charge in [-0.25, -0.2) is 4.98 Å². The highest BCUT2D eigenvalue weighted by atomic mass is 32.1. The van der Waals surface area contributed by atoms with E-state index in [0.717, 1.165) is 32.8 Å². The third kappa shape index (κ3) is 3.71. The number of benzene rings is 2. The van der Waals surface area contributed by atoms with Crippen LogP contribution in [0.15, 0.2) is 59.7 Å². The summed E-state index contributed by atoms with van der Waals surface area (Å²) in [6.07, 6.45) is 1.46. The van der Waals surface area contributed by atoms with Gasteiger partial charge in [0.05, 0.1) is 11.7 Å². The van der Waals surface area contributed by atoms with Crippen molar-refractivity contribution in [3.63, 3.8) is 0 Å². The molecule has 0 aliphatic carbocycles. The van der Waals surface area contributed by atoms with Crippen LogP contribution < -0.4 is 10.9 Å². The van der Waals surface area contributed by atoms with Crippen molar-refractivity contribution in [3.05, 3.63) is 81.2 Å². The molecule has 0 saturated heterocycles. The van der Waals surface area contributed by atoms with Crippen molar-refractivity contribution in [2.24, 2.45) is 0 Å². The Kier molecular flexibility index (Phi) is 5.03. The fourth-order valence-electron chi connectivity index (χ4n) is 3.42. The molecule has 2 aromatic carbocycles. The van der Waals surface area contributed by atoms with Crippen LogP contribution in [-0.2, 0) is 11.3 Å². The summed E-state index contributed by atoms with van der Waals surface area (Å²) in [5, 5.41) is 3.47. The summed E-state index contributed by atoms with van der Waals surface area (Å²) in [7, 11) is 0. The number of aromatic nitrogens is 2. The number of hydrogen-bond acceptors (Lipinski definition) is 4. The van der Waals surface area contributed by atoms with E-state index in [-0.39, 0.29) is 18.0 Å². The second-order valence-corrected chi connectivity index (χ2v) is 8.33. The zero-order chi connectivity index (χ0) is 20.5. The number of nitrogens with one attached hydrogen (secondary N) is 1. The summed E-state index contributed by atoms with van der Waals surface area (Å²) in [5.41, 5.74) is 4.47. The molecule has 146 valence electrons. The molecule has 0 unspecified atom stereocenters. The molecule has 0 aliphatic rings. The lowest BCUT2D eigenvalue weighted by Crippen LogP contribution is -2.28. The number of amides is 1. The fraction of sp³-hybridized carbons (Fsp3) is 0.174. The first-order valence-electron chi connectivity index (χ1n) is 9.35. The number of thiophene rings is 1. The van der Waals surface area contributed by atoms with Crippen molar-refractivity contribution < 1.29 is 4.79 Å². The van der Waals surface area contributed by atoms with Gasteiger partial charge in [0.15, 0.2) is 0 Å². The maximum absolute atomic E-state index is 13.2. The molecule has 2 aromatic heterocycles.